The third kappa shape index (κ3) is 7.43. The summed E-state index contributed by atoms with van der Waals surface area (Å²) in [5.74, 6) is -1.19. The first kappa shape index (κ1) is 22.7. The van der Waals surface area contributed by atoms with Gasteiger partial charge in [-0.3, -0.25) is 0 Å². The molecule has 11 heteroatoms. The Bertz CT molecular complexity index is 734. The van der Waals surface area contributed by atoms with E-state index in [2.05, 4.69) is 9.47 Å². The maximum Gasteiger partial charge on any atom is 0.573 e. The van der Waals surface area contributed by atoms with Gasteiger partial charge in [-0.1, -0.05) is 18.2 Å². The van der Waals surface area contributed by atoms with Crippen molar-refractivity contribution >= 4 is 12.4 Å². The minimum Gasteiger partial charge on any atom is -0.488 e. The molecule has 0 amide bonds. The summed E-state index contributed by atoms with van der Waals surface area (Å²) in [5, 5.41) is 0. The molecule has 2 N–H and O–H groups in total. The molecule has 150 valence electrons. The zero-order valence-corrected chi connectivity index (χ0v) is 14.3. The molecule has 0 aromatic heterocycles. The summed E-state index contributed by atoms with van der Waals surface area (Å²) in [6.07, 6.45) is -9.78. The molecule has 0 aliphatic carbocycles. The van der Waals surface area contributed by atoms with Gasteiger partial charge in [-0.15, -0.1) is 38.7 Å². The minimum atomic E-state index is -4.94. The van der Waals surface area contributed by atoms with E-state index in [0.717, 1.165) is 18.2 Å². The fourth-order valence-corrected chi connectivity index (χ4v) is 2.03. The van der Waals surface area contributed by atoms with E-state index in [1.165, 1.54) is 24.3 Å². The minimum absolute atomic E-state index is 0. The Kier molecular flexibility index (Phi) is 7.61. The molecule has 0 saturated heterocycles. The predicted octanol–water partition coefficient (Wildman–Crippen LogP) is 4.91. The van der Waals surface area contributed by atoms with E-state index in [-0.39, 0.29) is 36.9 Å². The summed E-state index contributed by atoms with van der Waals surface area (Å²) in [6, 6.07) is 8.40. The first-order valence-electron chi connectivity index (χ1n) is 7.16. The molecule has 2 aromatic rings. The van der Waals surface area contributed by atoms with Gasteiger partial charge < -0.3 is 19.9 Å². The van der Waals surface area contributed by atoms with Crippen LogP contribution in [0.4, 0.5) is 26.3 Å². The van der Waals surface area contributed by atoms with E-state index in [1.54, 1.807) is 0 Å². The fraction of sp³-hybridized carbons (Fsp3) is 0.250. The molecule has 0 spiro atoms. The van der Waals surface area contributed by atoms with Crippen molar-refractivity contribution in [3.63, 3.8) is 0 Å². The standard InChI is InChI=1S/C16H13F6NO3.ClH/c17-15(18,19)25-12-4-1-10(2-5-12)11-3-6-13(24-8-7-23)14(9-11)26-16(20,21)22;/h1-6,9H,7-8,23H2;1H. The number of benzene rings is 2. The zero-order chi connectivity index (χ0) is 19.4. The van der Waals surface area contributed by atoms with E-state index in [4.69, 9.17) is 10.5 Å². The van der Waals surface area contributed by atoms with Crippen molar-refractivity contribution in [2.75, 3.05) is 13.2 Å². The van der Waals surface area contributed by atoms with Gasteiger partial charge in [0.15, 0.2) is 11.5 Å². The van der Waals surface area contributed by atoms with Crippen LogP contribution in [0.1, 0.15) is 0 Å². The van der Waals surface area contributed by atoms with Gasteiger partial charge in [-0.25, -0.2) is 0 Å². The molecule has 0 saturated carbocycles. The average molecular weight is 418 g/mol. The predicted molar refractivity (Wildman–Crippen MR) is 87.0 cm³/mol. The molecule has 0 bridgehead atoms. The molecule has 0 aliphatic rings. The Morgan fingerprint density at radius 2 is 1.30 bits per heavy atom. The van der Waals surface area contributed by atoms with Crippen molar-refractivity contribution < 1.29 is 40.6 Å². The smallest absolute Gasteiger partial charge is 0.488 e. The van der Waals surface area contributed by atoms with Crippen molar-refractivity contribution in [1.29, 1.82) is 0 Å². The number of rotatable bonds is 6. The second-order valence-corrected chi connectivity index (χ2v) is 4.92. The van der Waals surface area contributed by atoms with E-state index in [0.29, 0.717) is 5.56 Å². The van der Waals surface area contributed by atoms with Gasteiger partial charge in [-0.05, 0) is 35.4 Å². The maximum atomic E-state index is 12.6. The van der Waals surface area contributed by atoms with Crippen LogP contribution in [0.2, 0.25) is 0 Å². The van der Waals surface area contributed by atoms with E-state index in [1.807, 2.05) is 0 Å². The third-order valence-electron chi connectivity index (χ3n) is 2.97. The highest BCUT2D eigenvalue weighted by atomic mass is 35.5. The molecule has 0 aliphatic heterocycles. The van der Waals surface area contributed by atoms with Gasteiger partial charge in [0, 0.05) is 6.54 Å². The Labute approximate surface area is 156 Å². The largest absolute Gasteiger partial charge is 0.573 e. The molecule has 2 aromatic carbocycles. The zero-order valence-electron chi connectivity index (χ0n) is 13.4. The van der Waals surface area contributed by atoms with Crippen LogP contribution < -0.4 is 19.9 Å². The van der Waals surface area contributed by atoms with Gasteiger partial charge in [0.2, 0.25) is 0 Å². The highest BCUT2D eigenvalue weighted by molar-refractivity contribution is 5.85. The lowest BCUT2D eigenvalue weighted by Crippen LogP contribution is -2.18. The summed E-state index contributed by atoms with van der Waals surface area (Å²) in [4.78, 5) is 0. The fourth-order valence-electron chi connectivity index (χ4n) is 2.03. The number of ether oxygens (including phenoxy) is 3. The van der Waals surface area contributed by atoms with Gasteiger partial charge in [0.05, 0.1) is 0 Å². The molecule has 27 heavy (non-hydrogen) atoms. The molecule has 0 heterocycles. The molecular formula is C16H14ClF6NO3. The maximum absolute atomic E-state index is 12.6. The van der Waals surface area contributed by atoms with Crippen LogP contribution >= 0.6 is 12.4 Å². The first-order valence-corrected chi connectivity index (χ1v) is 7.16. The number of alkyl halides is 6. The quantitative estimate of drug-likeness (QED) is 0.679. The monoisotopic (exact) mass is 417 g/mol. The van der Waals surface area contributed by atoms with Crippen LogP contribution in [0.25, 0.3) is 11.1 Å². The van der Waals surface area contributed by atoms with Gasteiger partial charge in [0.25, 0.3) is 0 Å². The highest BCUT2D eigenvalue weighted by Gasteiger charge is 2.33. The van der Waals surface area contributed by atoms with Gasteiger partial charge in [-0.2, -0.15) is 0 Å². The molecule has 0 fully saturated rings. The summed E-state index contributed by atoms with van der Waals surface area (Å²) in [6.45, 7) is 0.0743. The van der Waals surface area contributed by atoms with Crippen molar-refractivity contribution in [3.05, 3.63) is 42.5 Å². The lowest BCUT2D eigenvalue weighted by molar-refractivity contribution is -0.275. The Balaban J connectivity index is 0.00000364. The average Bonchev–Trinajstić information content (AvgIpc) is 2.51. The lowest BCUT2D eigenvalue weighted by atomic mass is 10.1. The van der Waals surface area contributed by atoms with Crippen LogP contribution in [0.5, 0.6) is 17.2 Å². The SMILES string of the molecule is Cl.NCCOc1ccc(-c2ccc(OC(F)(F)F)cc2)cc1OC(F)(F)F. The van der Waals surface area contributed by atoms with Crippen LogP contribution in [0.3, 0.4) is 0 Å². The van der Waals surface area contributed by atoms with E-state index < -0.39 is 24.2 Å². The van der Waals surface area contributed by atoms with E-state index in [9.17, 15) is 26.3 Å². The van der Waals surface area contributed by atoms with E-state index >= 15 is 0 Å². The van der Waals surface area contributed by atoms with Crippen molar-refractivity contribution in [2.24, 2.45) is 5.73 Å². The third-order valence-corrected chi connectivity index (χ3v) is 2.97. The van der Waals surface area contributed by atoms with Gasteiger partial charge in [0.1, 0.15) is 12.4 Å². The first-order chi connectivity index (χ1) is 12.1. The number of hydrogen-bond acceptors (Lipinski definition) is 4. The van der Waals surface area contributed by atoms with Crippen LogP contribution in [-0.2, 0) is 0 Å². The van der Waals surface area contributed by atoms with Crippen LogP contribution in [0, 0.1) is 0 Å². The lowest BCUT2D eigenvalue weighted by Gasteiger charge is -2.15. The summed E-state index contributed by atoms with van der Waals surface area (Å²) in [7, 11) is 0. The Morgan fingerprint density at radius 3 is 1.81 bits per heavy atom. The molecule has 0 unspecified atom stereocenters. The number of halogens is 7. The number of nitrogens with two attached hydrogens (primary N) is 1. The molecule has 0 radical (unpaired) electrons. The van der Waals surface area contributed by atoms with Crippen molar-refractivity contribution in [2.45, 2.75) is 12.7 Å². The second-order valence-electron chi connectivity index (χ2n) is 4.92. The normalized spacial score (nSPS) is 11.5. The Morgan fingerprint density at radius 1 is 0.741 bits per heavy atom. The molecule has 2 rings (SSSR count). The van der Waals surface area contributed by atoms with Crippen LogP contribution in [-0.4, -0.2) is 25.9 Å². The summed E-state index contributed by atoms with van der Waals surface area (Å²) in [5.41, 5.74) is 5.89. The molecule has 0 atom stereocenters. The van der Waals surface area contributed by atoms with Crippen LogP contribution in [0.15, 0.2) is 42.5 Å². The second kappa shape index (κ2) is 9.05. The molecule has 4 nitrogen and oxygen atoms in total. The molecular weight excluding hydrogens is 404 g/mol. The topological polar surface area (TPSA) is 53.7 Å². The van der Waals surface area contributed by atoms with Gasteiger partial charge >= 0.3 is 12.7 Å². The van der Waals surface area contributed by atoms with Crippen molar-refractivity contribution in [1.82, 2.24) is 0 Å². The summed E-state index contributed by atoms with van der Waals surface area (Å²) < 4.78 is 86.9. The highest BCUT2D eigenvalue weighted by Crippen LogP contribution is 2.36. The summed E-state index contributed by atoms with van der Waals surface area (Å²) >= 11 is 0. The number of hydrogen-bond donors (Lipinski definition) is 1. The Hall–Kier alpha value is -2.33. The van der Waals surface area contributed by atoms with Crippen molar-refractivity contribution in [3.8, 4) is 28.4 Å².